The molecule has 62 valence electrons. The van der Waals surface area contributed by atoms with Gasteiger partial charge in [-0.2, -0.15) is 0 Å². The molecule has 1 atom stereocenters. The van der Waals surface area contributed by atoms with E-state index in [9.17, 15) is 4.79 Å². The summed E-state index contributed by atoms with van der Waals surface area (Å²) in [4.78, 5) is 11.1. The van der Waals surface area contributed by atoms with Crippen LogP contribution in [0.2, 0.25) is 0 Å². The predicted molar refractivity (Wildman–Crippen MR) is 40.2 cm³/mol. The number of allylic oxidation sites excluding steroid dienone is 1. The summed E-state index contributed by atoms with van der Waals surface area (Å²) < 4.78 is 5.27. The van der Waals surface area contributed by atoms with Crippen LogP contribution < -0.4 is 11.3 Å². The third-order valence-electron chi connectivity index (χ3n) is 1.78. The molecule has 0 aromatic carbocycles. The van der Waals surface area contributed by atoms with E-state index in [1.807, 2.05) is 13.0 Å². The number of carbonyl (C=O) groups is 1. The third-order valence-corrected chi connectivity index (χ3v) is 1.78. The highest BCUT2D eigenvalue weighted by Crippen LogP contribution is 2.27. The molecule has 0 aromatic rings. The maximum atomic E-state index is 11.1. The Morgan fingerprint density at radius 2 is 2.55 bits per heavy atom. The quantitative estimate of drug-likeness (QED) is 0.320. The van der Waals surface area contributed by atoms with Gasteiger partial charge in [-0.05, 0) is 19.9 Å². The molecule has 3 N–H and O–H groups in total. The zero-order valence-corrected chi connectivity index (χ0v) is 6.68. The molecule has 1 rings (SSSR count). The van der Waals surface area contributed by atoms with Gasteiger partial charge in [0, 0.05) is 6.42 Å². The zero-order chi connectivity index (χ0) is 8.48. The van der Waals surface area contributed by atoms with Crippen LogP contribution in [0, 0.1) is 0 Å². The molecular formula is C7H12N2O2. The number of hydrazine groups is 1. The summed E-state index contributed by atoms with van der Waals surface area (Å²) >= 11 is 0. The molecule has 0 saturated carbocycles. The monoisotopic (exact) mass is 156 g/mol. The van der Waals surface area contributed by atoms with E-state index in [0.29, 0.717) is 6.42 Å². The van der Waals surface area contributed by atoms with Crippen LogP contribution in [0.4, 0.5) is 0 Å². The molecular weight excluding hydrogens is 144 g/mol. The van der Waals surface area contributed by atoms with Gasteiger partial charge < -0.3 is 4.74 Å². The fourth-order valence-corrected chi connectivity index (χ4v) is 1.07. The normalized spacial score (nSPS) is 29.2. The van der Waals surface area contributed by atoms with E-state index in [1.165, 1.54) is 0 Å². The number of hydrogen-bond donors (Lipinski definition) is 2. The Bertz CT molecular complexity index is 212. The number of amides is 1. The molecule has 11 heavy (non-hydrogen) atoms. The highest BCUT2D eigenvalue weighted by molar-refractivity contribution is 5.85. The van der Waals surface area contributed by atoms with Crippen molar-refractivity contribution >= 4 is 5.91 Å². The smallest absolute Gasteiger partial charge is 0.278 e. The molecule has 4 heteroatoms. The van der Waals surface area contributed by atoms with E-state index in [0.717, 1.165) is 5.76 Å². The van der Waals surface area contributed by atoms with Crippen LogP contribution in [0.1, 0.15) is 20.3 Å². The maximum Gasteiger partial charge on any atom is 0.278 e. The van der Waals surface area contributed by atoms with Crippen molar-refractivity contribution in [2.24, 2.45) is 5.84 Å². The van der Waals surface area contributed by atoms with Gasteiger partial charge in [0.15, 0.2) is 5.60 Å². The van der Waals surface area contributed by atoms with Gasteiger partial charge in [-0.1, -0.05) is 0 Å². The second-order valence-electron chi connectivity index (χ2n) is 2.83. The largest absolute Gasteiger partial charge is 0.482 e. The van der Waals surface area contributed by atoms with Crippen LogP contribution in [0.5, 0.6) is 0 Å². The summed E-state index contributed by atoms with van der Waals surface area (Å²) in [5, 5.41) is 0. The Hall–Kier alpha value is -1.03. The highest BCUT2D eigenvalue weighted by Gasteiger charge is 2.37. The van der Waals surface area contributed by atoms with Crippen molar-refractivity contribution in [1.29, 1.82) is 0 Å². The van der Waals surface area contributed by atoms with E-state index in [1.54, 1.807) is 6.92 Å². The summed E-state index contributed by atoms with van der Waals surface area (Å²) in [5.74, 6) is 5.47. The van der Waals surface area contributed by atoms with E-state index in [-0.39, 0.29) is 5.91 Å². The number of nitrogens with two attached hydrogens (primary N) is 1. The van der Waals surface area contributed by atoms with Crippen LogP contribution >= 0.6 is 0 Å². The van der Waals surface area contributed by atoms with Crippen molar-refractivity contribution in [3.05, 3.63) is 11.8 Å². The molecule has 0 saturated heterocycles. The molecule has 1 aliphatic rings. The summed E-state index contributed by atoms with van der Waals surface area (Å²) in [7, 11) is 0. The van der Waals surface area contributed by atoms with E-state index in [2.05, 4.69) is 5.43 Å². The molecule has 1 aliphatic heterocycles. The molecule has 1 amide bonds. The first-order chi connectivity index (χ1) is 5.08. The summed E-state index contributed by atoms with van der Waals surface area (Å²) in [5.41, 5.74) is 1.28. The zero-order valence-electron chi connectivity index (χ0n) is 6.68. The lowest BCUT2D eigenvalue weighted by Crippen LogP contribution is -2.47. The lowest BCUT2D eigenvalue weighted by atomic mass is 10.0. The lowest BCUT2D eigenvalue weighted by molar-refractivity contribution is -0.138. The fourth-order valence-electron chi connectivity index (χ4n) is 1.07. The topological polar surface area (TPSA) is 64.4 Å². The molecule has 0 fully saturated rings. The number of hydrogen-bond acceptors (Lipinski definition) is 3. The average molecular weight is 156 g/mol. The van der Waals surface area contributed by atoms with Crippen molar-refractivity contribution in [3.63, 3.8) is 0 Å². The molecule has 0 bridgehead atoms. The van der Waals surface area contributed by atoms with Crippen LogP contribution in [0.25, 0.3) is 0 Å². The standard InChI is InChI=1S/C7H12N2O2/c1-5-3-4-7(2,11-5)6(10)9-8/h3H,4,8H2,1-2H3,(H,9,10). The van der Waals surface area contributed by atoms with Gasteiger partial charge in [-0.15, -0.1) is 0 Å². The van der Waals surface area contributed by atoms with Gasteiger partial charge >= 0.3 is 0 Å². The predicted octanol–water partition coefficient (Wildman–Crippen LogP) is 0.0591. The fraction of sp³-hybridized carbons (Fsp3) is 0.571. The molecule has 1 unspecified atom stereocenters. The second-order valence-corrected chi connectivity index (χ2v) is 2.83. The van der Waals surface area contributed by atoms with Gasteiger partial charge in [0.1, 0.15) is 0 Å². The summed E-state index contributed by atoms with van der Waals surface area (Å²) in [6, 6.07) is 0. The first kappa shape index (κ1) is 8.07. The molecule has 0 radical (unpaired) electrons. The Kier molecular flexibility index (Phi) is 1.87. The number of ether oxygens (including phenoxy) is 1. The summed E-state index contributed by atoms with van der Waals surface area (Å²) in [6.07, 6.45) is 2.46. The maximum absolute atomic E-state index is 11.1. The van der Waals surface area contributed by atoms with Gasteiger partial charge in [0.25, 0.3) is 5.91 Å². The number of rotatable bonds is 1. The Balaban J connectivity index is 2.66. The molecule has 1 heterocycles. The van der Waals surface area contributed by atoms with Crippen molar-refractivity contribution in [3.8, 4) is 0 Å². The Labute approximate surface area is 65.4 Å². The molecule has 0 aromatic heterocycles. The van der Waals surface area contributed by atoms with Crippen LogP contribution in [0.3, 0.4) is 0 Å². The first-order valence-corrected chi connectivity index (χ1v) is 3.45. The Morgan fingerprint density at radius 1 is 1.91 bits per heavy atom. The van der Waals surface area contributed by atoms with E-state index in [4.69, 9.17) is 10.6 Å². The number of nitrogens with one attached hydrogen (secondary N) is 1. The highest BCUT2D eigenvalue weighted by atomic mass is 16.5. The van der Waals surface area contributed by atoms with Crippen LogP contribution in [0.15, 0.2) is 11.8 Å². The van der Waals surface area contributed by atoms with Gasteiger partial charge in [0.05, 0.1) is 5.76 Å². The van der Waals surface area contributed by atoms with Gasteiger partial charge in [-0.3, -0.25) is 10.2 Å². The SMILES string of the molecule is CC1=CCC(C)(C(=O)NN)O1. The Morgan fingerprint density at radius 3 is 2.91 bits per heavy atom. The second kappa shape index (κ2) is 2.54. The molecule has 0 spiro atoms. The van der Waals surface area contributed by atoms with Crippen molar-refractivity contribution in [2.45, 2.75) is 25.9 Å². The van der Waals surface area contributed by atoms with Gasteiger partial charge in [-0.25, -0.2) is 5.84 Å². The number of carbonyl (C=O) groups excluding carboxylic acids is 1. The first-order valence-electron chi connectivity index (χ1n) is 3.45. The third kappa shape index (κ3) is 1.35. The van der Waals surface area contributed by atoms with Crippen molar-refractivity contribution in [1.82, 2.24) is 5.43 Å². The minimum Gasteiger partial charge on any atom is -0.482 e. The van der Waals surface area contributed by atoms with Crippen LogP contribution in [-0.2, 0) is 9.53 Å². The van der Waals surface area contributed by atoms with E-state index >= 15 is 0 Å². The van der Waals surface area contributed by atoms with Crippen molar-refractivity contribution < 1.29 is 9.53 Å². The van der Waals surface area contributed by atoms with E-state index < -0.39 is 5.60 Å². The molecule has 0 aliphatic carbocycles. The average Bonchev–Trinajstić information content (AvgIpc) is 2.31. The minimum atomic E-state index is -0.793. The van der Waals surface area contributed by atoms with Crippen LogP contribution in [-0.4, -0.2) is 11.5 Å². The lowest BCUT2D eigenvalue weighted by Gasteiger charge is -2.21. The molecule has 4 nitrogen and oxygen atoms in total. The van der Waals surface area contributed by atoms with Gasteiger partial charge in [0.2, 0.25) is 0 Å². The summed E-state index contributed by atoms with van der Waals surface area (Å²) in [6.45, 7) is 3.53. The minimum absolute atomic E-state index is 0.286. The van der Waals surface area contributed by atoms with Crippen molar-refractivity contribution in [2.75, 3.05) is 0 Å².